The lowest BCUT2D eigenvalue weighted by Gasteiger charge is -2.08. The van der Waals surface area contributed by atoms with Gasteiger partial charge in [-0.25, -0.2) is 4.98 Å². The molecular formula is C14H19ClN2O2S. The molecule has 0 fully saturated rings. The van der Waals surface area contributed by atoms with Crippen molar-refractivity contribution < 1.29 is 9.47 Å². The molecule has 1 aromatic carbocycles. The monoisotopic (exact) mass is 314 g/mol. The van der Waals surface area contributed by atoms with Crippen LogP contribution in [0.25, 0.3) is 11.3 Å². The highest BCUT2D eigenvalue weighted by molar-refractivity contribution is 7.09. The number of ether oxygens (including phenoxy) is 2. The van der Waals surface area contributed by atoms with Gasteiger partial charge < -0.3 is 14.8 Å². The first kappa shape index (κ1) is 16.8. The summed E-state index contributed by atoms with van der Waals surface area (Å²) >= 11 is 1.66. The number of hydrogen-bond acceptors (Lipinski definition) is 5. The molecule has 2 aromatic rings. The van der Waals surface area contributed by atoms with Gasteiger partial charge in [0.15, 0.2) is 11.5 Å². The maximum atomic E-state index is 5.31. The van der Waals surface area contributed by atoms with Gasteiger partial charge >= 0.3 is 0 Å². The molecule has 0 saturated carbocycles. The Balaban J connectivity index is 0.00000200. The zero-order valence-corrected chi connectivity index (χ0v) is 13.4. The zero-order chi connectivity index (χ0) is 13.7. The first-order valence-corrected chi connectivity index (χ1v) is 7.04. The third kappa shape index (κ3) is 3.85. The van der Waals surface area contributed by atoms with Crippen LogP contribution in [-0.2, 0) is 6.54 Å². The van der Waals surface area contributed by atoms with Gasteiger partial charge in [0.25, 0.3) is 0 Å². The summed E-state index contributed by atoms with van der Waals surface area (Å²) in [7, 11) is 3.27. The third-order valence-electron chi connectivity index (χ3n) is 2.76. The molecule has 0 amide bonds. The summed E-state index contributed by atoms with van der Waals surface area (Å²) in [6, 6.07) is 5.84. The molecule has 0 saturated heterocycles. The van der Waals surface area contributed by atoms with E-state index in [0.29, 0.717) is 0 Å². The third-order valence-corrected chi connectivity index (χ3v) is 3.61. The van der Waals surface area contributed by atoms with Gasteiger partial charge in [0.2, 0.25) is 0 Å². The molecule has 6 heteroatoms. The first-order chi connectivity index (χ1) is 9.28. The van der Waals surface area contributed by atoms with Crippen molar-refractivity contribution in [3.8, 4) is 22.8 Å². The molecule has 1 N–H and O–H groups in total. The highest BCUT2D eigenvalue weighted by Crippen LogP contribution is 2.32. The van der Waals surface area contributed by atoms with E-state index < -0.39 is 0 Å². The minimum absolute atomic E-state index is 0. The van der Waals surface area contributed by atoms with Crippen LogP contribution in [0.5, 0.6) is 11.5 Å². The molecule has 1 heterocycles. The van der Waals surface area contributed by atoms with E-state index in [9.17, 15) is 0 Å². The van der Waals surface area contributed by atoms with Crippen molar-refractivity contribution in [2.75, 3.05) is 20.8 Å². The molecule has 0 radical (unpaired) electrons. The Morgan fingerprint density at radius 2 is 1.95 bits per heavy atom. The number of benzene rings is 1. The predicted molar refractivity (Wildman–Crippen MR) is 85.3 cm³/mol. The molecule has 20 heavy (non-hydrogen) atoms. The summed E-state index contributed by atoms with van der Waals surface area (Å²) in [5, 5.41) is 6.43. The Labute approximate surface area is 129 Å². The first-order valence-electron chi connectivity index (χ1n) is 6.16. The van der Waals surface area contributed by atoms with Crippen molar-refractivity contribution in [2.24, 2.45) is 0 Å². The zero-order valence-electron chi connectivity index (χ0n) is 11.8. The molecule has 0 bridgehead atoms. The second-order valence-corrected chi connectivity index (χ2v) is 4.92. The van der Waals surface area contributed by atoms with E-state index in [2.05, 4.69) is 22.6 Å². The van der Waals surface area contributed by atoms with Crippen LogP contribution in [-0.4, -0.2) is 25.7 Å². The van der Waals surface area contributed by atoms with Crippen molar-refractivity contribution in [1.82, 2.24) is 10.3 Å². The van der Waals surface area contributed by atoms with Crippen LogP contribution in [0.4, 0.5) is 0 Å². The van der Waals surface area contributed by atoms with Gasteiger partial charge in [-0.2, -0.15) is 0 Å². The lowest BCUT2D eigenvalue weighted by molar-refractivity contribution is 0.355. The fraction of sp³-hybridized carbons (Fsp3) is 0.357. The molecule has 110 valence electrons. The van der Waals surface area contributed by atoms with Crippen molar-refractivity contribution in [2.45, 2.75) is 13.5 Å². The van der Waals surface area contributed by atoms with E-state index >= 15 is 0 Å². The molecule has 4 nitrogen and oxygen atoms in total. The van der Waals surface area contributed by atoms with Crippen molar-refractivity contribution in [3.05, 3.63) is 28.6 Å². The van der Waals surface area contributed by atoms with Crippen molar-refractivity contribution in [3.63, 3.8) is 0 Å². The van der Waals surface area contributed by atoms with E-state index in [1.807, 2.05) is 18.2 Å². The van der Waals surface area contributed by atoms with Gasteiger partial charge in [0, 0.05) is 17.5 Å². The molecule has 0 aliphatic heterocycles. The summed E-state index contributed by atoms with van der Waals surface area (Å²) in [5.74, 6) is 1.45. The Morgan fingerprint density at radius 3 is 2.60 bits per heavy atom. The second kappa shape index (κ2) is 8.09. The summed E-state index contributed by atoms with van der Waals surface area (Å²) in [4.78, 5) is 4.61. The smallest absolute Gasteiger partial charge is 0.161 e. The summed E-state index contributed by atoms with van der Waals surface area (Å²) in [5.41, 5.74) is 2.01. The van der Waals surface area contributed by atoms with Gasteiger partial charge in [0.1, 0.15) is 5.01 Å². The summed E-state index contributed by atoms with van der Waals surface area (Å²) < 4.78 is 10.5. The number of rotatable bonds is 6. The number of halogens is 1. The SMILES string of the molecule is CCNCc1nc(-c2ccc(OC)c(OC)c2)cs1.Cl. The highest BCUT2D eigenvalue weighted by atomic mass is 35.5. The Kier molecular flexibility index (Phi) is 6.78. The van der Waals surface area contributed by atoms with Crippen LogP contribution in [0.1, 0.15) is 11.9 Å². The highest BCUT2D eigenvalue weighted by Gasteiger charge is 2.09. The number of hydrogen-bond donors (Lipinski definition) is 1. The van der Waals surface area contributed by atoms with Gasteiger partial charge in [-0.1, -0.05) is 6.92 Å². The molecular weight excluding hydrogens is 296 g/mol. The predicted octanol–water partition coefficient (Wildman–Crippen LogP) is 3.36. The van der Waals surface area contributed by atoms with Gasteiger partial charge in [-0.05, 0) is 24.7 Å². The minimum atomic E-state index is 0. The molecule has 0 unspecified atom stereocenters. The fourth-order valence-electron chi connectivity index (χ4n) is 1.75. The summed E-state index contributed by atoms with van der Waals surface area (Å²) in [6.45, 7) is 3.85. The van der Waals surface area contributed by atoms with E-state index in [-0.39, 0.29) is 12.4 Å². The normalized spacial score (nSPS) is 9.95. The average molecular weight is 315 g/mol. The molecule has 0 atom stereocenters. The molecule has 0 aliphatic rings. The minimum Gasteiger partial charge on any atom is -0.493 e. The van der Waals surface area contributed by atoms with Crippen LogP contribution in [0.15, 0.2) is 23.6 Å². The van der Waals surface area contributed by atoms with Crippen LogP contribution >= 0.6 is 23.7 Å². The molecule has 1 aromatic heterocycles. The largest absolute Gasteiger partial charge is 0.493 e. The van der Waals surface area contributed by atoms with E-state index in [0.717, 1.165) is 40.9 Å². The molecule has 0 aliphatic carbocycles. The maximum absolute atomic E-state index is 5.31. The Morgan fingerprint density at radius 1 is 1.20 bits per heavy atom. The second-order valence-electron chi connectivity index (χ2n) is 3.98. The van der Waals surface area contributed by atoms with Gasteiger partial charge in [-0.15, -0.1) is 23.7 Å². The number of nitrogens with zero attached hydrogens (tertiary/aromatic N) is 1. The maximum Gasteiger partial charge on any atom is 0.161 e. The fourth-order valence-corrected chi connectivity index (χ4v) is 2.53. The van der Waals surface area contributed by atoms with E-state index in [4.69, 9.17) is 9.47 Å². The molecule has 0 spiro atoms. The number of aromatic nitrogens is 1. The number of thiazole rings is 1. The van der Waals surface area contributed by atoms with Crippen LogP contribution < -0.4 is 14.8 Å². The Hall–Kier alpha value is -1.30. The lowest BCUT2D eigenvalue weighted by atomic mass is 10.1. The van der Waals surface area contributed by atoms with Crippen LogP contribution in [0.2, 0.25) is 0 Å². The van der Waals surface area contributed by atoms with Crippen molar-refractivity contribution in [1.29, 1.82) is 0 Å². The standard InChI is InChI=1S/C14H18N2O2S.ClH/c1-4-15-8-14-16-11(9-19-14)10-5-6-12(17-2)13(7-10)18-3;/h5-7,9,15H,4,8H2,1-3H3;1H. The van der Waals surface area contributed by atoms with Crippen molar-refractivity contribution >= 4 is 23.7 Å². The van der Waals surface area contributed by atoms with Gasteiger partial charge in [0.05, 0.1) is 19.9 Å². The van der Waals surface area contributed by atoms with E-state index in [1.165, 1.54) is 0 Å². The Bertz CT molecular complexity index is 546. The number of methoxy groups -OCH3 is 2. The van der Waals surface area contributed by atoms with E-state index in [1.54, 1.807) is 25.6 Å². The topological polar surface area (TPSA) is 43.4 Å². The van der Waals surface area contributed by atoms with Crippen LogP contribution in [0.3, 0.4) is 0 Å². The van der Waals surface area contributed by atoms with Crippen LogP contribution in [0, 0.1) is 0 Å². The number of nitrogens with one attached hydrogen (secondary N) is 1. The summed E-state index contributed by atoms with van der Waals surface area (Å²) in [6.07, 6.45) is 0. The van der Waals surface area contributed by atoms with Gasteiger partial charge in [-0.3, -0.25) is 0 Å². The lowest BCUT2D eigenvalue weighted by Crippen LogP contribution is -2.11. The quantitative estimate of drug-likeness (QED) is 0.888. The molecule has 2 rings (SSSR count). The average Bonchev–Trinajstić information content (AvgIpc) is 2.93.